The molecule has 7 nitrogen and oxygen atoms in total. The molecular formula is C18H18Cl2N2O5. The average Bonchev–Trinajstić information content (AvgIpc) is 2.65. The molecule has 0 aliphatic rings. The van der Waals surface area contributed by atoms with Gasteiger partial charge < -0.3 is 14.8 Å². The van der Waals surface area contributed by atoms with Crippen molar-refractivity contribution < 1.29 is 19.2 Å². The molecular weight excluding hydrogens is 395 g/mol. The van der Waals surface area contributed by atoms with Crippen LogP contribution in [0.1, 0.15) is 18.4 Å². The molecule has 0 aromatic heterocycles. The zero-order valence-electron chi connectivity index (χ0n) is 14.8. The molecule has 0 bridgehead atoms. The maximum absolute atomic E-state index is 12.1. The third-order valence-electron chi connectivity index (χ3n) is 3.72. The molecule has 2 aromatic rings. The smallest absolute Gasteiger partial charge is 0.314 e. The lowest BCUT2D eigenvalue weighted by Crippen LogP contribution is -2.14. The van der Waals surface area contributed by atoms with Crippen molar-refractivity contribution in [3.63, 3.8) is 0 Å². The minimum absolute atomic E-state index is 0.117. The molecule has 1 amide bonds. The van der Waals surface area contributed by atoms with E-state index in [1.54, 1.807) is 18.2 Å². The second-order valence-corrected chi connectivity index (χ2v) is 6.43. The van der Waals surface area contributed by atoms with Crippen molar-refractivity contribution in [3.05, 3.63) is 56.1 Å². The first kappa shape index (κ1) is 20.8. The predicted octanol–water partition coefficient (Wildman–Crippen LogP) is 5.02. The number of halogens is 2. The first-order valence-electron chi connectivity index (χ1n) is 8.03. The van der Waals surface area contributed by atoms with Crippen LogP contribution in [0, 0.1) is 17.0 Å². The van der Waals surface area contributed by atoms with Crippen LogP contribution >= 0.6 is 23.2 Å². The highest BCUT2D eigenvalue weighted by molar-refractivity contribution is 6.40. The highest BCUT2D eigenvalue weighted by atomic mass is 35.5. The Balaban J connectivity index is 1.90. The number of aryl methyl sites for hydroxylation is 1. The normalized spacial score (nSPS) is 10.4. The van der Waals surface area contributed by atoms with E-state index in [1.165, 1.54) is 19.2 Å². The standard InChI is InChI=1S/C18H18Cl2N2O5/c1-11-5-7-13(19)18(17(11)20)21-16(23)4-3-9-27-15-8-6-12(26-2)10-14(15)22(24)25/h5-8,10H,3-4,9H2,1-2H3,(H,21,23). The number of anilines is 1. The van der Waals surface area contributed by atoms with Crippen LogP contribution in [0.3, 0.4) is 0 Å². The molecule has 0 saturated carbocycles. The maximum atomic E-state index is 12.1. The fourth-order valence-corrected chi connectivity index (χ4v) is 2.74. The average molecular weight is 413 g/mol. The van der Waals surface area contributed by atoms with Crippen LogP contribution in [0.25, 0.3) is 0 Å². The number of nitro benzene ring substituents is 1. The van der Waals surface area contributed by atoms with Crippen molar-refractivity contribution in [2.75, 3.05) is 19.0 Å². The van der Waals surface area contributed by atoms with Crippen LogP contribution in [0.15, 0.2) is 30.3 Å². The van der Waals surface area contributed by atoms with Gasteiger partial charge in [-0.05, 0) is 37.1 Å². The van der Waals surface area contributed by atoms with E-state index in [9.17, 15) is 14.9 Å². The number of carbonyl (C=O) groups excluding carboxylic acids is 1. The van der Waals surface area contributed by atoms with Gasteiger partial charge in [-0.2, -0.15) is 0 Å². The number of hydrogen-bond donors (Lipinski definition) is 1. The minimum atomic E-state index is -0.549. The second kappa shape index (κ2) is 9.43. The maximum Gasteiger partial charge on any atom is 0.314 e. The Morgan fingerprint density at radius 3 is 2.67 bits per heavy atom. The van der Waals surface area contributed by atoms with E-state index in [0.29, 0.717) is 27.9 Å². The molecule has 0 heterocycles. The van der Waals surface area contributed by atoms with Crippen molar-refractivity contribution in [1.29, 1.82) is 0 Å². The summed E-state index contributed by atoms with van der Waals surface area (Å²) in [6.07, 6.45) is 0.501. The Labute approximate surface area is 166 Å². The number of methoxy groups -OCH3 is 1. The monoisotopic (exact) mass is 412 g/mol. The van der Waals surface area contributed by atoms with Crippen molar-refractivity contribution in [1.82, 2.24) is 0 Å². The van der Waals surface area contributed by atoms with Crippen LogP contribution in [-0.2, 0) is 4.79 Å². The van der Waals surface area contributed by atoms with Crippen LogP contribution < -0.4 is 14.8 Å². The van der Waals surface area contributed by atoms with Crippen LogP contribution in [-0.4, -0.2) is 24.5 Å². The Bertz CT molecular complexity index is 858. The molecule has 9 heteroatoms. The lowest BCUT2D eigenvalue weighted by atomic mass is 10.2. The zero-order valence-corrected chi connectivity index (χ0v) is 16.3. The number of nitrogens with one attached hydrogen (secondary N) is 1. The van der Waals surface area contributed by atoms with Gasteiger partial charge in [-0.25, -0.2) is 0 Å². The van der Waals surface area contributed by atoms with Gasteiger partial charge in [-0.1, -0.05) is 29.3 Å². The lowest BCUT2D eigenvalue weighted by molar-refractivity contribution is -0.385. The summed E-state index contributed by atoms with van der Waals surface area (Å²) >= 11 is 12.2. The molecule has 0 radical (unpaired) electrons. The fraction of sp³-hybridized carbons (Fsp3) is 0.278. The highest BCUT2D eigenvalue weighted by Gasteiger charge is 2.17. The summed E-state index contributed by atoms with van der Waals surface area (Å²) in [4.78, 5) is 22.6. The number of carbonyl (C=O) groups is 1. The predicted molar refractivity (Wildman–Crippen MR) is 104 cm³/mol. The lowest BCUT2D eigenvalue weighted by Gasteiger charge is -2.11. The summed E-state index contributed by atoms with van der Waals surface area (Å²) in [7, 11) is 1.42. The summed E-state index contributed by atoms with van der Waals surface area (Å²) < 4.78 is 10.4. The van der Waals surface area contributed by atoms with Crippen LogP contribution in [0.4, 0.5) is 11.4 Å². The highest BCUT2D eigenvalue weighted by Crippen LogP contribution is 2.33. The fourth-order valence-electron chi connectivity index (χ4n) is 2.28. The Morgan fingerprint density at radius 1 is 1.26 bits per heavy atom. The van der Waals surface area contributed by atoms with Gasteiger partial charge in [0.1, 0.15) is 5.75 Å². The van der Waals surface area contributed by atoms with Crippen molar-refractivity contribution in [3.8, 4) is 11.5 Å². The van der Waals surface area contributed by atoms with Gasteiger partial charge in [-0.3, -0.25) is 14.9 Å². The van der Waals surface area contributed by atoms with Crippen LogP contribution in [0.2, 0.25) is 10.0 Å². The molecule has 0 atom stereocenters. The Hall–Kier alpha value is -2.51. The number of rotatable bonds is 8. The van der Waals surface area contributed by atoms with E-state index in [-0.39, 0.29) is 30.4 Å². The number of ether oxygens (including phenoxy) is 2. The number of nitrogens with zero attached hydrogens (tertiary/aromatic N) is 1. The first-order valence-corrected chi connectivity index (χ1v) is 8.78. The first-order chi connectivity index (χ1) is 12.8. The molecule has 0 aliphatic heterocycles. The zero-order chi connectivity index (χ0) is 20.0. The van der Waals surface area contributed by atoms with Gasteiger partial charge >= 0.3 is 5.69 Å². The SMILES string of the molecule is COc1ccc(OCCCC(=O)Nc2c(Cl)ccc(C)c2Cl)c([N+](=O)[O-])c1. The summed E-state index contributed by atoms with van der Waals surface area (Å²) in [6.45, 7) is 1.94. The third kappa shape index (κ3) is 5.48. The second-order valence-electron chi connectivity index (χ2n) is 5.64. The summed E-state index contributed by atoms with van der Waals surface area (Å²) in [5.74, 6) is 0.198. The van der Waals surface area contributed by atoms with Crippen molar-refractivity contribution in [2.45, 2.75) is 19.8 Å². The quantitative estimate of drug-likeness (QED) is 0.373. The van der Waals surface area contributed by atoms with Gasteiger partial charge in [0, 0.05) is 6.42 Å². The van der Waals surface area contributed by atoms with E-state index in [2.05, 4.69) is 5.32 Å². The van der Waals surface area contributed by atoms with E-state index in [4.69, 9.17) is 32.7 Å². The molecule has 0 aliphatic carbocycles. The number of amides is 1. The third-order valence-corrected chi connectivity index (χ3v) is 4.52. The van der Waals surface area contributed by atoms with Gasteiger partial charge in [0.05, 0.1) is 40.4 Å². The molecule has 0 spiro atoms. The molecule has 2 rings (SSSR count). The van der Waals surface area contributed by atoms with E-state index in [0.717, 1.165) is 5.56 Å². The molecule has 2 aromatic carbocycles. The summed E-state index contributed by atoms with van der Waals surface area (Å²) in [6, 6.07) is 7.73. The van der Waals surface area contributed by atoms with Gasteiger partial charge in [0.15, 0.2) is 5.75 Å². The van der Waals surface area contributed by atoms with E-state index in [1.807, 2.05) is 6.92 Å². The van der Waals surface area contributed by atoms with Crippen molar-refractivity contribution in [2.24, 2.45) is 0 Å². The molecule has 27 heavy (non-hydrogen) atoms. The van der Waals surface area contributed by atoms with E-state index < -0.39 is 4.92 Å². The van der Waals surface area contributed by atoms with E-state index >= 15 is 0 Å². The molecule has 1 N–H and O–H groups in total. The Morgan fingerprint density at radius 2 is 2.00 bits per heavy atom. The van der Waals surface area contributed by atoms with Gasteiger partial charge in [0.25, 0.3) is 0 Å². The minimum Gasteiger partial charge on any atom is -0.496 e. The Kier molecular flexibility index (Phi) is 7.27. The summed E-state index contributed by atoms with van der Waals surface area (Å²) in [5.41, 5.74) is 0.971. The van der Waals surface area contributed by atoms with Gasteiger partial charge in [-0.15, -0.1) is 0 Å². The topological polar surface area (TPSA) is 90.7 Å². The van der Waals surface area contributed by atoms with Gasteiger partial charge in [0.2, 0.25) is 5.91 Å². The van der Waals surface area contributed by atoms with Crippen molar-refractivity contribution >= 4 is 40.5 Å². The molecule has 144 valence electrons. The molecule has 0 saturated heterocycles. The molecule has 0 unspecified atom stereocenters. The largest absolute Gasteiger partial charge is 0.496 e. The summed E-state index contributed by atoms with van der Waals surface area (Å²) in [5, 5.41) is 14.5. The number of hydrogen-bond acceptors (Lipinski definition) is 5. The number of nitro groups is 1. The number of benzene rings is 2. The molecule has 0 fully saturated rings. The van der Waals surface area contributed by atoms with Crippen LogP contribution in [0.5, 0.6) is 11.5 Å².